The number of rotatable bonds is 6. The highest BCUT2D eigenvalue weighted by Crippen LogP contribution is 2.20. The monoisotopic (exact) mass is 265 g/mol. The first-order valence-electron chi connectivity index (χ1n) is 6.03. The van der Waals surface area contributed by atoms with Gasteiger partial charge >= 0.3 is 0 Å². The van der Waals surface area contributed by atoms with E-state index in [0.717, 1.165) is 17.9 Å². The number of aromatic nitrogens is 2. The summed E-state index contributed by atoms with van der Waals surface area (Å²) < 4.78 is 4.71. The lowest BCUT2D eigenvalue weighted by atomic mass is 10.0. The zero-order valence-corrected chi connectivity index (χ0v) is 11.0. The van der Waals surface area contributed by atoms with Crippen LogP contribution in [-0.4, -0.2) is 10.1 Å². The zero-order valence-electron chi connectivity index (χ0n) is 10.3. The fraction of sp³-hybridized carbons (Fsp3) is 0.385. The van der Waals surface area contributed by atoms with Crippen LogP contribution in [0, 0.1) is 0 Å². The molecule has 1 N–H and O–H groups in total. The zero-order chi connectivity index (χ0) is 12.8. The predicted molar refractivity (Wildman–Crippen MR) is 70.2 cm³/mol. The molecule has 0 radical (unpaired) electrons. The number of hydrogen-bond donors (Lipinski definition) is 1. The summed E-state index contributed by atoms with van der Waals surface area (Å²) in [5, 5.41) is 7.97. The van der Waals surface area contributed by atoms with Gasteiger partial charge in [-0.2, -0.15) is 4.98 Å². The first kappa shape index (κ1) is 13.1. The van der Waals surface area contributed by atoms with Crippen LogP contribution in [0.3, 0.4) is 0 Å². The topological polar surface area (TPSA) is 51.0 Å². The molecule has 0 saturated heterocycles. The maximum Gasteiger partial charge on any atom is 0.213 e. The quantitative estimate of drug-likeness (QED) is 0.870. The molecule has 0 aliphatic heterocycles. The molecule has 18 heavy (non-hydrogen) atoms. The Morgan fingerprint density at radius 1 is 1.33 bits per heavy atom. The summed E-state index contributed by atoms with van der Waals surface area (Å²) in [6.07, 6.45) is 3.50. The molecule has 2 rings (SSSR count). The smallest absolute Gasteiger partial charge is 0.213 e. The van der Waals surface area contributed by atoms with Crippen molar-refractivity contribution in [3.05, 3.63) is 47.1 Å². The van der Waals surface area contributed by atoms with Crippen LogP contribution >= 0.6 is 11.6 Å². The third-order valence-corrected chi connectivity index (χ3v) is 3.02. The number of halogens is 1. The Bertz CT molecular complexity index is 456. The first-order valence-corrected chi connectivity index (χ1v) is 6.41. The Balaban J connectivity index is 2.01. The van der Waals surface area contributed by atoms with Crippen LogP contribution in [0.25, 0.3) is 0 Å². The third-order valence-electron chi connectivity index (χ3n) is 2.76. The van der Waals surface area contributed by atoms with Crippen LogP contribution in [0.1, 0.15) is 37.2 Å². The van der Waals surface area contributed by atoms with Crippen LogP contribution in [0.15, 0.2) is 35.2 Å². The van der Waals surface area contributed by atoms with Crippen molar-refractivity contribution >= 4 is 11.6 Å². The van der Waals surface area contributed by atoms with Crippen molar-refractivity contribution in [3.8, 4) is 0 Å². The molecule has 0 amide bonds. The molecule has 0 spiro atoms. The molecular weight excluding hydrogens is 250 g/mol. The normalized spacial score (nSPS) is 12.6. The van der Waals surface area contributed by atoms with E-state index in [1.165, 1.54) is 12.0 Å². The van der Waals surface area contributed by atoms with Gasteiger partial charge in [0.2, 0.25) is 6.39 Å². The van der Waals surface area contributed by atoms with E-state index in [0.29, 0.717) is 12.4 Å². The highest BCUT2D eigenvalue weighted by atomic mass is 35.5. The summed E-state index contributed by atoms with van der Waals surface area (Å²) in [5.74, 6) is 0.671. The Kier molecular flexibility index (Phi) is 4.73. The molecule has 0 aliphatic rings. The first-order chi connectivity index (χ1) is 8.79. The van der Waals surface area contributed by atoms with Crippen molar-refractivity contribution in [1.29, 1.82) is 0 Å². The minimum Gasteiger partial charge on any atom is -0.343 e. The van der Waals surface area contributed by atoms with E-state index in [9.17, 15) is 0 Å². The van der Waals surface area contributed by atoms with E-state index in [2.05, 4.69) is 22.4 Å². The average molecular weight is 266 g/mol. The third kappa shape index (κ3) is 3.55. The van der Waals surface area contributed by atoms with Gasteiger partial charge in [-0.15, -0.1) is 0 Å². The largest absolute Gasteiger partial charge is 0.343 e. The minimum atomic E-state index is 0.283. The SMILES string of the molecule is CCCC(NCc1ncon1)c1ccc(Cl)cc1. The van der Waals surface area contributed by atoms with Gasteiger partial charge < -0.3 is 9.84 Å². The Morgan fingerprint density at radius 2 is 2.11 bits per heavy atom. The Hall–Kier alpha value is -1.39. The molecule has 1 atom stereocenters. The molecular formula is C13H16ClN3O. The lowest BCUT2D eigenvalue weighted by Crippen LogP contribution is -2.21. The molecule has 0 aliphatic carbocycles. The van der Waals surface area contributed by atoms with Gasteiger partial charge in [0.05, 0.1) is 6.54 Å². The fourth-order valence-corrected chi connectivity index (χ4v) is 1.98. The lowest BCUT2D eigenvalue weighted by molar-refractivity contribution is 0.401. The minimum absolute atomic E-state index is 0.283. The van der Waals surface area contributed by atoms with Crippen molar-refractivity contribution in [2.75, 3.05) is 0 Å². The van der Waals surface area contributed by atoms with Crippen LogP contribution in [0.2, 0.25) is 5.02 Å². The second-order valence-corrected chi connectivity index (χ2v) is 4.56. The standard InChI is InChI=1S/C13H16ClN3O/c1-2-3-12(10-4-6-11(14)7-5-10)15-8-13-16-9-18-17-13/h4-7,9,12,15H,2-3,8H2,1H3. The van der Waals surface area contributed by atoms with Crippen LogP contribution in [0.4, 0.5) is 0 Å². The molecule has 0 bridgehead atoms. The number of nitrogens with one attached hydrogen (secondary N) is 1. The summed E-state index contributed by atoms with van der Waals surface area (Å²) in [6.45, 7) is 2.77. The molecule has 5 heteroatoms. The van der Waals surface area contributed by atoms with Crippen LogP contribution < -0.4 is 5.32 Å². The summed E-state index contributed by atoms with van der Waals surface area (Å²) in [6, 6.07) is 8.20. The van der Waals surface area contributed by atoms with Gasteiger partial charge in [-0.25, -0.2) is 0 Å². The molecule has 0 saturated carbocycles. The molecule has 1 aromatic heterocycles. The van der Waals surface area contributed by atoms with E-state index in [1.807, 2.05) is 24.3 Å². The maximum atomic E-state index is 5.90. The van der Waals surface area contributed by atoms with Gasteiger partial charge in [0.25, 0.3) is 0 Å². The van der Waals surface area contributed by atoms with E-state index >= 15 is 0 Å². The summed E-state index contributed by atoms with van der Waals surface area (Å²) >= 11 is 5.90. The molecule has 0 fully saturated rings. The van der Waals surface area contributed by atoms with Crippen LogP contribution in [-0.2, 0) is 6.54 Å². The second-order valence-electron chi connectivity index (χ2n) is 4.12. The van der Waals surface area contributed by atoms with Crippen molar-refractivity contribution < 1.29 is 4.52 Å². The van der Waals surface area contributed by atoms with Crippen LogP contribution in [0.5, 0.6) is 0 Å². The van der Waals surface area contributed by atoms with Gasteiger partial charge in [0.1, 0.15) is 0 Å². The molecule has 1 heterocycles. The van der Waals surface area contributed by atoms with E-state index in [1.54, 1.807) is 0 Å². The number of hydrogen-bond acceptors (Lipinski definition) is 4. The van der Waals surface area contributed by atoms with Gasteiger partial charge in [0, 0.05) is 11.1 Å². The summed E-state index contributed by atoms with van der Waals surface area (Å²) in [5.41, 5.74) is 1.23. The van der Waals surface area contributed by atoms with E-state index in [4.69, 9.17) is 16.1 Å². The molecule has 4 nitrogen and oxygen atoms in total. The van der Waals surface area contributed by atoms with Crippen molar-refractivity contribution in [2.24, 2.45) is 0 Å². The number of nitrogens with zero attached hydrogens (tertiary/aromatic N) is 2. The van der Waals surface area contributed by atoms with Crippen molar-refractivity contribution in [1.82, 2.24) is 15.5 Å². The van der Waals surface area contributed by atoms with Gasteiger partial charge in [-0.3, -0.25) is 0 Å². The van der Waals surface area contributed by atoms with Gasteiger partial charge in [-0.1, -0.05) is 42.2 Å². The summed E-state index contributed by atoms with van der Waals surface area (Å²) in [4.78, 5) is 3.99. The number of benzene rings is 1. The Morgan fingerprint density at radius 3 is 2.72 bits per heavy atom. The molecule has 2 aromatic rings. The van der Waals surface area contributed by atoms with E-state index in [-0.39, 0.29) is 6.04 Å². The summed E-state index contributed by atoms with van der Waals surface area (Å²) in [7, 11) is 0. The predicted octanol–water partition coefficient (Wildman–Crippen LogP) is 3.35. The van der Waals surface area contributed by atoms with Crippen molar-refractivity contribution in [2.45, 2.75) is 32.4 Å². The van der Waals surface area contributed by atoms with Gasteiger partial charge in [-0.05, 0) is 24.1 Å². The Labute approximate surface area is 111 Å². The molecule has 1 aromatic carbocycles. The lowest BCUT2D eigenvalue weighted by Gasteiger charge is -2.17. The molecule has 96 valence electrons. The second kappa shape index (κ2) is 6.52. The highest BCUT2D eigenvalue weighted by molar-refractivity contribution is 6.30. The average Bonchev–Trinajstić information content (AvgIpc) is 2.89. The van der Waals surface area contributed by atoms with E-state index < -0.39 is 0 Å². The highest BCUT2D eigenvalue weighted by Gasteiger charge is 2.11. The van der Waals surface area contributed by atoms with Crippen molar-refractivity contribution in [3.63, 3.8) is 0 Å². The van der Waals surface area contributed by atoms with Gasteiger partial charge in [0.15, 0.2) is 5.82 Å². The fourth-order valence-electron chi connectivity index (χ4n) is 1.86. The molecule has 1 unspecified atom stereocenters. The maximum absolute atomic E-state index is 5.90.